The number of aromatic nitrogens is 2. The van der Waals surface area contributed by atoms with E-state index in [0.29, 0.717) is 5.75 Å². The number of rotatable bonds is 6. The van der Waals surface area contributed by atoms with Crippen molar-refractivity contribution in [2.75, 3.05) is 19.5 Å². The Bertz CT molecular complexity index is 884. The van der Waals surface area contributed by atoms with E-state index in [1.54, 1.807) is 31.4 Å². The second-order valence-corrected chi connectivity index (χ2v) is 4.90. The minimum absolute atomic E-state index is 0.227. The van der Waals surface area contributed by atoms with Crippen molar-refractivity contribution in [3.8, 4) is 5.75 Å². The van der Waals surface area contributed by atoms with E-state index in [1.165, 1.54) is 0 Å². The molecule has 0 saturated heterocycles. The maximum atomic E-state index is 11.8. The number of nitrogens with one attached hydrogen (secondary N) is 3. The number of carbonyl (C=O) groups is 2. The molecule has 2 aromatic rings. The lowest BCUT2D eigenvalue weighted by atomic mass is 10.2. The van der Waals surface area contributed by atoms with E-state index < -0.39 is 41.1 Å². The van der Waals surface area contributed by atoms with E-state index in [1.807, 2.05) is 4.98 Å². The SMILES string of the molecule is COc1ccc(CNC(=O)COC(=O)c2[nH]c(=O)[nH]c(=O)c2N)cc1. The Morgan fingerprint density at radius 3 is 2.48 bits per heavy atom. The van der Waals surface area contributed by atoms with Crippen LogP contribution in [-0.2, 0) is 16.1 Å². The molecule has 10 nitrogen and oxygen atoms in total. The standard InChI is InChI=1S/C15H16N4O6/c1-24-9-4-2-8(3-5-9)6-17-10(20)7-25-14(22)12-11(16)13(21)19-15(23)18-12/h2-5H,6-7,16H2,1H3,(H,17,20)(H2,18,19,21,23). The molecular weight excluding hydrogens is 332 g/mol. The van der Waals surface area contributed by atoms with Crippen LogP contribution in [0.1, 0.15) is 16.1 Å². The third-order valence-electron chi connectivity index (χ3n) is 3.17. The number of esters is 1. The van der Waals surface area contributed by atoms with Crippen LogP contribution < -0.4 is 27.0 Å². The summed E-state index contributed by atoms with van der Waals surface area (Å²) in [5.74, 6) is -0.955. The van der Waals surface area contributed by atoms with Gasteiger partial charge in [0.2, 0.25) is 0 Å². The number of methoxy groups -OCH3 is 1. The zero-order valence-electron chi connectivity index (χ0n) is 13.3. The largest absolute Gasteiger partial charge is 0.497 e. The summed E-state index contributed by atoms with van der Waals surface area (Å²) in [5.41, 5.74) is 3.39. The van der Waals surface area contributed by atoms with Gasteiger partial charge < -0.3 is 20.5 Å². The highest BCUT2D eigenvalue weighted by molar-refractivity contribution is 5.93. The van der Waals surface area contributed by atoms with Crippen molar-refractivity contribution < 1.29 is 19.1 Å². The van der Waals surface area contributed by atoms with Gasteiger partial charge in [-0.3, -0.25) is 19.6 Å². The molecular formula is C15H16N4O6. The summed E-state index contributed by atoms with van der Waals surface area (Å²) in [6.07, 6.45) is 0. The Hall–Kier alpha value is -3.56. The Morgan fingerprint density at radius 2 is 1.84 bits per heavy atom. The predicted molar refractivity (Wildman–Crippen MR) is 87.2 cm³/mol. The summed E-state index contributed by atoms with van der Waals surface area (Å²) in [6, 6.07) is 7.03. The molecule has 0 atom stereocenters. The molecule has 0 aliphatic carbocycles. The number of carbonyl (C=O) groups excluding carboxylic acids is 2. The number of benzene rings is 1. The first-order valence-electron chi connectivity index (χ1n) is 7.09. The van der Waals surface area contributed by atoms with Crippen LogP contribution in [0, 0.1) is 0 Å². The topological polar surface area (TPSA) is 156 Å². The van der Waals surface area contributed by atoms with Gasteiger partial charge in [0.1, 0.15) is 11.4 Å². The fourth-order valence-corrected chi connectivity index (χ4v) is 1.86. The van der Waals surface area contributed by atoms with Gasteiger partial charge >= 0.3 is 11.7 Å². The predicted octanol–water partition coefficient (Wildman–Crippen LogP) is -0.873. The summed E-state index contributed by atoms with van der Waals surface area (Å²) in [7, 11) is 1.55. The maximum Gasteiger partial charge on any atom is 0.357 e. The number of aromatic amines is 2. The highest BCUT2D eigenvalue weighted by Gasteiger charge is 2.17. The second-order valence-electron chi connectivity index (χ2n) is 4.90. The van der Waals surface area contributed by atoms with Crippen LogP contribution in [0.4, 0.5) is 5.69 Å². The fraction of sp³-hybridized carbons (Fsp3) is 0.200. The lowest BCUT2D eigenvalue weighted by molar-refractivity contribution is -0.124. The molecule has 5 N–H and O–H groups in total. The normalized spacial score (nSPS) is 10.1. The molecule has 0 aliphatic heterocycles. The van der Waals surface area contributed by atoms with E-state index in [0.717, 1.165) is 5.56 Å². The number of nitrogen functional groups attached to an aromatic ring is 1. The molecule has 0 bridgehead atoms. The average Bonchev–Trinajstić information content (AvgIpc) is 2.61. The fourth-order valence-electron chi connectivity index (χ4n) is 1.86. The Kier molecular flexibility index (Phi) is 5.56. The van der Waals surface area contributed by atoms with Crippen molar-refractivity contribution >= 4 is 17.6 Å². The smallest absolute Gasteiger partial charge is 0.357 e. The van der Waals surface area contributed by atoms with E-state index in [2.05, 4.69) is 10.3 Å². The van der Waals surface area contributed by atoms with Gasteiger partial charge in [-0.1, -0.05) is 12.1 Å². The lowest BCUT2D eigenvalue weighted by Crippen LogP contribution is -2.32. The van der Waals surface area contributed by atoms with Crippen molar-refractivity contribution in [2.45, 2.75) is 6.54 Å². The molecule has 1 amide bonds. The Balaban J connectivity index is 1.88. The molecule has 0 unspecified atom stereocenters. The number of ether oxygens (including phenoxy) is 2. The van der Waals surface area contributed by atoms with Crippen molar-refractivity contribution in [3.63, 3.8) is 0 Å². The molecule has 25 heavy (non-hydrogen) atoms. The number of anilines is 1. The van der Waals surface area contributed by atoms with Crippen molar-refractivity contribution in [3.05, 3.63) is 56.4 Å². The van der Waals surface area contributed by atoms with Gasteiger partial charge in [-0.05, 0) is 17.7 Å². The molecule has 0 radical (unpaired) electrons. The zero-order valence-corrected chi connectivity index (χ0v) is 13.3. The van der Waals surface area contributed by atoms with Crippen molar-refractivity contribution in [1.29, 1.82) is 0 Å². The van der Waals surface area contributed by atoms with E-state index in [9.17, 15) is 19.2 Å². The van der Waals surface area contributed by atoms with E-state index in [4.69, 9.17) is 15.2 Å². The quantitative estimate of drug-likeness (QED) is 0.494. The molecule has 1 heterocycles. The Labute approximate surface area is 141 Å². The number of nitrogens with two attached hydrogens (primary N) is 1. The van der Waals surface area contributed by atoms with Crippen LogP contribution in [0.5, 0.6) is 5.75 Å². The number of H-pyrrole nitrogens is 2. The number of amides is 1. The summed E-state index contributed by atoms with van der Waals surface area (Å²) < 4.78 is 9.76. The number of hydrogen-bond donors (Lipinski definition) is 4. The molecule has 0 fully saturated rings. The highest BCUT2D eigenvalue weighted by atomic mass is 16.5. The average molecular weight is 348 g/mol. The monoisotopic (exact) mass is 348 g/mol. The first-order chi connectivity index (χ1) is 11.9. The molecule has 10 heteroatoms. The molecule has 0 saturated carbocycles. The van der Waals surface area contributed by atoms with Crippen molar-refractivity contribution in [2.24, 2.45) is 0 Å². The lowest BCUT2D eigenvalue weighted by Gasteiger charge is -2.08. The van der Waals surface area contributed by atoms with Crippen molar-refractivity contribution in [1.82, 2.24) is 15.3 Å². The number of hydrogen-bond acceptors (Lipinski definition) is 7. The van der Waals surface area contributed by atoms with Crippen LogP contribution >= 0.6 is 0 Å². The first-order valence-corrected chi connectivity index (χ1v) is 7.09. The summed E-state index contributed by atoms with van der Waals surface area (Å²) in [4.78, 5) is 49.9. The van der Waals surface area contributed by atoms with Crippen LogP contribution in [0.3, 0.4) is 0 Å². The van der Waals surface area contributed by atoms with Gasteiger partial charge in [0.05, 0.1) is 7.11 Å². The van der Waals surface area contributed by atoms with Crippen LogP contribution in [0.15, 0.2) is 33.9 Å². The van der Waals surface area contributed by atoms with Crippen LogP contribution in [0.25, 0.3) is 0 Å². The maximum absolute atomic E-state index is 11.8. The minimum atomic E-state index is -1.08. The van der Waals surface area contributed by atoms with Gasteiger partial charge in [0.25, 0.3) is 11.5 Å². The molecule has 0 aliphatic rings. The first kappa shape index (κ1) is 17.8. The highest BCUT2D eigenvalue weighted by Crippen LogP contribution is 2.10. The second kappa shape index (κ2) is 7.81. The minimum Gasteiger partial charge on any atom is -0.497 e. The third kappa shape index (κ3) is 4.70. The van der Waals surface area contributed by atoms with Gasteiger partial charge in [0, 0.05) is 6.54 Å². The molecule has 1 aromatic carbocycles. The summed E-state index contributed by atoms with van der Waals surface area (Å²) >= 11 is 0. The summed E-state index contributed by atoms with van der Waals surface area (Å²) in [5, 5.41) is 2.55. The van der Waals surface area contributed by atoms with Gasteiger partial charge in [-0.2, -0.15) is 0 Å². The molecule has 2 rings (SSSR count). The van der Waals surface area contributed by atoms with Gasteiger partial charge in [0.15, 0.2) is 12.3 Å². The molecule has 0 spiro atoms. The van der Waals surface area contributed by atoms with E-state index in [-0.39, 0.29) is 6.54 Å². The van der Waals surface area contributed by atoms with Gasteiger partial charge in [-0.25, -0.2) is 9.59 Å². The molecule has 132 valence electrons. The summed E-state index contributed by atoms with van der Waals surface area (Å²) in [6.45, 7) is -0.367. The van der Waals surface area contributed by atoms with Crippen LogP contribution in [0.2, 0.25) is 0 Å². The zero-order chi connectivity index (χ0) is 18.4. The van der Waals surface area contributed by atoms with Crippen LogP contribution in [-0.4, -0.2) is 35.6 Å². The third-order valence-corrected chi connectivity index (χ3v) is 3.17. The molecule has 1 aromatic heterocycles. The van der Waals surface area contributed by atoms with E-state index >= 15 is 0 Å². The van der Waals surface area contributed by atoms with Gasteiger partial charge in [-0.15, -0.1) is 0 Å². The Morgan fingerprint density at radius 1 is 1.16 bits per heavy atom.